The summed E-state index contributed by atoms with van der Waals surface area (Å²) >= 11 is 0. The van der Waals surface area contributed by atoms with E-state index in [1.807, 2.05) is 13.8 Å². The van der Waals surface area contributed by atoms with Crippen molar-refractivity contribution in [1.29, 1.82) is 0 Å². The minimum absolute atomic E-state index is 0.0570. The van der Waals surface area contributed by atoms with Crippen LogP contribution in [0.4, 0.5) is 32.0 Å². The molecular formula is C27H31F6N3O3. The molecular weight excluding hydrogens is 528 g/mol. The summed E-state index contributed by atoms with van der Waals surface area (Å²) < 4.78 is 78.0. The van der Waals surface area contributed by atoms with Gasteiger partial charge in [0.15, 0.2) is 0 Å². The molecule has 12 heteroatoms. The first kappa shape index (κ1) is 31.6. The number of hydrogen-bond donors (Lipinski definition) is 3. The molecule has 0 saturated carbocycles. The van der Waals surface area contributed by atoms with Gasteiger partial charge < -0.3 is 16.0 Å². The van der Waals surface area contributed by atoms with Crippen LogP contribution in [0, 0.1) is 5.92 Å². The van der Waals surface area contributed by atoms with Crippen molar-refractivity contribution in [2.24, 2.45) is 5.92 Å². The summed E-state index contributed by atoms with van der Waals surface area (Å²) in [5, 5.41) is 7.61. The minimum Gasteiger partial charge on any atom is -0.353 e. The Morgan fingerprint density at radius 3 is 1.92 bits per heavy atom. The Morgan fingerprint density at radius 1 is 0.795 bits per heavy atom. The average Bonchev–Trinajstić information content (AvgIpc) is 2.86. The molecule has 0 spiro atoms. The lowest BCUT2D eigenvalue weighted by Crippen LogP contribution is -2.47. The average molecular weight is 560 g/mol. The van der Waals surface area contributed by atoms with Gasteiger partial charge in [-0.2, -0.15) is 26.3 Å². The number of anilines is 1. The van der Waals surface area contributed by atoms with E-state index in [1.165, 1.54) is 13.0 Å². The van der Waals surface area contributed by atoms with Crippen LogP contribution in [0.1, 0.15) is 56.7 Å². The maximum absolute atomic E-state index is 13.1. The predicted molar refractivity (Wildman–Crippen MR) is 133 cm³/mol. The zero-order valence-electron chi connectivity index (χ0n) is 21.7. The predicted octanol–water partition coefficient (Wildman–Crippen LogP) is 5.72. The van der Waals surface area contributed by atoms with Crippen molar-refractivity contribution in [2.75, 3.05) is 5.32 Å². The molecule has 3 amide bonds. The monoisotopic (exact) mass is 559 g/mol. The summed E-state index contributed by atoms with van der Waals surface area (Å²) in [4.78, 5) is 38.2. The molecule has 0 saturated heterocycles. The van der Waals surface area contributed by atoms with Crippen LogP contribution >= 0.6 is 0 Å². The maximum Gasteiger partial charge on any atom is 0.416 e. The summed E-state index contributed by atoms with van der Waals surface area (Å²) in [7, 11) is 0. The second kappa shape index (κ2) is 13.5. The summed E-state index contributed by atoms with van der Waals surface area (Å²) in [6, 6.07) is 6.40. The molecule has 2 atom stereocenters. The smallest absolute Gasteiger partial charge is 0.353 e. The Balaban J connectivity index is 2.22. The maximum atomic E-state index is 13.1. The highest BCUT2D eigenvalue weighted by Crippen LogP contribution is 2.31. The van der Waals surface area contributed by atoms with Gasteiger partial charge in [-0.15, -0.1) is 0 Å². The van der Waals surface area contributed by atoms with E-state index in [0.717, 1.165) is 42.5 Å². The molecule has 2 aromatic rings. The van der Waals surface area contributed by atoms with E-state index in [1.54, 1.807) is 0 Å². The normalized spacial score (nSPS) is 13.5. The molecule has 0 fully saturated rings. The first-order valence-electron chi connectivity index (χ1n) is 12.4. The van der Waals surface area contributed by atoms with Gasteiger partial charge in [0.05, 0.1) is 11.1 Å². The van der Waals surface area contributed by atoms with Gasteiger partial charge >= 0.3 is 12.4 Å². The second-order valence-corrected chi connectivity index (χ2v) is 9.21. The van der Waals surface area contributed by atoms with Crippen LogP contribution in [0.25, 0.3) is 0 Å². The van der Waals surface area contributed by atoms with Crippen LogP contribution in [-0.2, 0) is 33.2 Å². The molecule has 6 nitrogen and oxygen atoms in total. The lowest BCUT2D eigenvalue weighted by molar-refractivity contribution is -0.138. The van der Waals surface area contributed by atoms with Gasteiger partial charge in [-0.05, 0) is 48.7 Å². The molecule has 2 unspecified atom stereocenters. The number of amides is 3. The van der Waals surface area contributed by atoms with E-state index in [-0.39, 0.29) is 36.0 Å². The molecule has 0 radical (unpaired) electrons. The fourth-order valence-electron chi connectivity index (χ4n) is 3.74. The third-order valence-electron chi connectivity index (χ3n) is 6.10. The number of alkyl halides is 6. The number of nitrogens with one attached hydrogen (secondary N) is 3. The standard InChI is InChI=1S/C27H31F6N3O3/c1-4-20(5-2)34-23(37)13-16(3)24(38)36-22(14-17-9-11-18(12-10-17)26(28,29)30)25(39)35-21-8-6-7-19(15-21)27(31,32)33/h6-12,15-16,20,22H,4-5,13-14H2,1-3H3,(H,34,37)(H,35,39)(H,36,38). The highest BCUT2D eigenvalue weighted by molar-refractivity contribution is 5.98. The molecule has 0 heterocycles. The van der Waals surface area contributed by atoms with Crippen molar-refractivity contribution in [3.05, 3.63) is 65.2 Å². The van der Waals surface area contributed by atoms with Gasteiger partial charge in [0.1, 0.15) is 6.04 Å². The summed E-state index contributed by atoms with van der Waals surface area (Å²) in [6.07, 6.45) is -8.25. The first-order valence-corrected chi connectivity index (χ1v) is 12.4. The van der Waals surface area contributed by atoms with Crippen LogP contribution < -0.4 is 16.0 Å². The molecule has 3 N–H and O–H groups in total. The van der Waals surface area contributed by atoms with Crippen LogP contribution in [0.2, 0.25) is 0 Å². The quantitative estimate of drug-likeness (QED) is 0.308. The highest BCUT2D eigenvalue weighted by atomic mass is 19.4. The van der Waals surface area contributed by atoms with Crippen molar-refractivity contribution in [1.82, 2.24) is 10.6 Å². The van der Waals surface area contributed by atoms with E-state index in [9.17, 15) is 40.7 Å². The number of benzene rings is 2. The van der Waals surface area contributed by atoms with Gasteiger partial charge in [-0.3, -0.25) is 14.4 Å². The topological polar surface area (TPSA) is 87.3 Å². The lowest BCUT2D eigenvalue weighted by Gasteiger charge is -2.22. The number of rotatable bonds is 11. The van der Waals surface area contributed by atoms with E-state index in [2.05, 4.69) is 16.0 Å². The van der Waals surface area contributed by atoms with Gasteiger partial charge in [0.25, 0.3) is 0 Å². The van der Waals surface area contributed by atoms with Crippen molar-refractivity contribution in [3.63, 3.8) is 0 Å². The SMILES string of the molecule is CCC(CC)NC(=O)CC(C)C(=O)NC(Cc1ccc(C(F)(F)F)cc1)C(=O)Nc1cccc(C(F)(F)F)c1. The second-order valence-electron chi connectivity index (χ2n) is 9.21. The van der Waals surface area contributed by atoms with Crippen LogP contribution in [0.3, 0.4) is 0 Å². The molecule has 0 aliphatic carbocycles. The Hall–Kier alpha value is -3.57. The fraction of sp³-hybridized carbons (Fsp3) is 0.444. The molecule has 2 rings (SSSR count). The minimum atomic E-state index is -4.65. The molecule has 0 aromatic heterocycles. The summed E-state index contributed by atoms with van der Waals surface area (Å²) in [6.45, 7) is 5.28. The van der Waals surface area contributed by atoms with Crippen LogP contribution in [0.15, 0.2) is 48.5 Å². The van der Waals surface area contributed by atoms with Gasteiger partial charge in [-0.1, -0.05) is 39.0 Å². The Morgan fingerprint density at radius 2 is 1.38 bits per heavy atom. The zero-order chi connectivity index (χ0) is 29.4. The van der Waals surface area contributed by atoms with Crippen molar-refractivity contribution in [3.8, 4) is 0 Å². The van der Waals surface area contributed by atoms with Crippen molar-refractivity contribution >= 4 is 23.4 Å². The van der Waals surface area contributed by atoms with Gasteiger partial charge in [0, 0.05) is 30.5 Å². The highest BCUT2D eigenvalue weighted by Gasteiger charge is 2.32. The van der Waals surface area contributed by atoms with E-state index in [4.69, 9.17) is 0 Å². The molecule has 0 bridgehead atoms. The number of halogens is 6. The van der Waals surface area contributed by atoms with Crippen molar-refractivity contribution < 1.29 is 40.7 Å². The third-order valence-corrected chi connectivity index (χ3v) is 6.10. The Bertz CT molecular complexity index is 1130. The molecule has 0 aliphatic heterocycles. The van der Waals surface area contributed by atoms with Crippen molar-refractivity contribution in [2.45, 2.75) is 70.9 Å². The summed E-state index contributed by atoms with van der Waals surface area (Å²) in [5.41, 5.74) is -1.82. The van der Waals surface area contributed by atoms with Gasteiger partial charge in [-0.25, -0.2) is 0 Å². The fourth-order valence-corrected chi connectivity index (χ4v) is 3.74. The largest absolute Gasteiger partial charge is 0.416 e. The molecule has 0 aliphatic rings. The summed E-state index contributed by atoms with van der Waals surface area (Å²) in [5.74, 6) is -2.78. The zero-order valence-corrected chi connectivity index (χ0v) is 21.7. The number of hydrogen-bond acceptors (Lipinski definition) is 3. The van der Waals surface area contributed by atoms with E-state index in [0.29, 0.717) is 12.8 Å². The van der Waals surface area contributed by atoms with Gasteiger partial charge in [0.2, 0.25) is 17.7 Å². The lowest BCUT2D eigenvalue weighted by atomic mass is 10.0. The molecule has 39 heavy (non-hydrogen) atoms. The Kier molecular flexibility index (Phi) is 10.9. The Labute approximate surface area is 222 Å². The molecule has 214 valence electrons. The van der Waals surface area contributed by atoms with E-state index >= 15 is 0 Å². The van der Waals surface area contributed by atoms with E-state index < -0.39 is 47.3 Å². The third kappa shape index (κ3) is 9.92. The first-order chi connectivity index (χ1) is 18.1. The number of carbonyl (C=O) groups excluding carboxylic acids is 3. The van der Waals surface area contributed by atoms with Crippen LogP contribution in [0.5, 0.6) is 0 Å². The van der Waals surface area contributed by atoms with Crippen LogP contribution in [-0.4, -0.2) is 29.8 Å². The number of carbonyl (C=O) groups is 3. The molecule has 2 aromatic carbocycles.